The van der Waals surface area contributed by atoms with Crippen LogP contribution in [0.25, 0.3) is 0 Å². The van der Waals surface area contributed by atoms with Crippen LogP contribution in [0, 0.1) is 5.92 Å². The lowest BCUT2D eigenvalue weighted by Crippen LogP contribution is -2.51. The second kappa shape index (κ2) is 18.2. The van der Waals surface area contributed by atoms with E-state index in [0.717, 1.165) is 38.5 Å². The molecule has 1 rings (SSSR count). The molecule has 1 fully saturated rings. The summed E-state index contributed by atoms with van der Waals surface area (Å²) in [6, 6.07) is 0.144. The Morgan fingerprint density at radius 3 is 1.97 bits per heavy atom. The fourth-order valence-corrected chi connectivity index (χ4v) is 4.19. The quantitative estimate of drug-likeness (QED) is 0.273. The molecule has 0 saturated carbocycles. The van der Waals surface area contributed by atoms with Gasteiger partial charge >= 0.3 is 0 Å². The Balaban J connectivity index is 1.85. The van der Waals surface area contributed by atoms with Gasteiger partial charge in [0.1, 0.15) is 0 Å². The van der Waals surface area contributed by atoms with Crippen molar-refractivity contribution in [3.05, 3.63) is 0 Å². The van der Waals surface area contributed by atoms with Gasteiger partial charge in [-0.25, -0.2) is 0 Å². The molecule has 0 aliphatic carbocycles. The number of ether oxygens (including phenoxy) is 1. The molecule has 0 bridgehead atoms. The van der Waals surface area contributed by atoms with Gasteiger partial charge in [-0.15, -0.1) is 0 Å². The Hall–Kier alpha value is -0.610. The lowest BCUT2D eigenvalue weighted by atomic mass is 10.0. The summed E-state index contributed by atoms with van der Waals surface area (Å²) in [4.78, 5) is 12.2. The highest BCUT2D eigenvalue weighted by Gasteiger charge is 2.24. The molecule has 2 N–H and O–H groups in total. The van der Waals surface area contributed by atoms with Gasteiger partial charge in [-0.05, 0) is 18.8 Å². The van der Waals surface area contributed by atoms with E-state index in [1.807, 2.05) is 0 Å². The lowest BCUT2D eigenvalue weighted by Gasteiger charge is -2.31. The minimum absolute atomic E-state index is 0.123. The largest absolute Gasteiger partial charge is 0.373 e. The Bertz CT molecular complexity index is 381. The van der Waals surface area contributed by atoms with E-state index >= 15 is 0 Å². The van der Waals surface area contributed by atoms with Crippen LogP contribution in [0.1, 0.15) is 117 Å². The summed E-state index contributed by atoms with van der Waals surface area (Å²) in [5.74, 6) is 1.06. The van der Waals surface area contributed by atoms with E-state index in [1.165, 1.54) is 77.0 Å². The smallest absolute Gasteiger partial charge is 0.220 e. The molecule has 0 aromatic carbocycles. The minimum atomic E-state index is 0.123. The molecule has 0 spiro atoms. The van der Waals surface area contributed by atoms with Crippen molar-refractivity contribution in [3.63, 3.8) is 0 Å². The lowest BCUT2D eigenvalue weighted by molar-refractivity contribution is -0.123. The second-order valence-corrected chi connectivity index (χ2v) is 9.37. The van der Waals surface area contributed by atoms with Gasteiger partial charge in [0.05, 0.1) is 18.8 Å². The third-order valence-corrected chi connectivity index (χ3v) is 6.13. The molecule has 1 aliphatic heterocycles. The summed E-state index contributed by atoms with van der Waals surface area (Å²) in [5, 5.41) is 6.53. The van der Waals surface area contributed by atoms with Crippen LogP contribution in [0.15, 0.2) is 0 Å². The molecule has 2 atom stereocenters. The van der Waals surface area contributed by atoms with Crippen LogP contribution in [0.4, 0.5) is 0 Å². The zero-order valence-electron chi connectivity index (χ0n) is 19.8. The molecular weight excluding hydrogens is 360 g/mol. The van der Waals surface area contributed by atoms with Crippen molar-refractivity contribution in [1.29, 1.82) is 0 Å². The average molecular weight is 411 g/mol. The number of hydrogen-bond acceptors (Lipinski definition) is 3. The SMILES string of the molecule is CC[C@@H](NC(=O)CCCCCCCCCCCCCCC(C)C)[C@H]1CNCCO1. The van der Waals surface area contributed by atoms with Gasteiger partial charge in [0.2, 0.25) is 5.91 Å². The molecule has 29 heavy (non-hydrogen) atoms. The molecule has 1 amide bonds. The predicted molar refractivity (Wildman–Crippen MR) is 124 cm³/mol. The van der Waals surface area contributed by atoms with E-state index in [9.17, 15) is 4.79 Å². The van der Waals surface area contributed by atoms with Crippen molar-refractivity contribution in [2.45, 2.75) is 129 Å². The molecular formula is C25H50N2O2. The first-order valence-electron chi connectivity index (χ1n) is 12.7. The van der Waals surface area contributed by atoms with Crippen LogP contribution in [-0.2, 0) is 9.53 Å². The molecule has 0 radical (unpaired) electrons. The zero-order chi connectivity index (χ0) is 21.2. The van der Waals surface area contributed by atoms with E-state index in [2.05, 4.69) is 31.4 Å². The second-order valence-electron chi connectivity index (χ2n) is 9.37. The number of unbranched alkanes of at least 4 members (excludes halogenated alkanes) is 11. The standard InChI is InChI=1S/C25H50N2O2/c1-4-23(24-21-26-19-20-29-24)27-25(28)18-16-14-12-10-8-6-5-7-9-11-13-15-17-22(2)3/h22-24,26H,4-21H2,1-3H3,(H,27,28)/t23-,24-/m1/s1. The van der Waals surface area contributed by atoms with Crippen LogP contribution in [0.3, 0.4) is 0 Å². The average Bonchev–Trinajstić information content (AvgIpc) is 2.72. The maximum atomic E-state index is 12.2. The van der Waals surface area contributed by atoms with Gasteiger partial charge in [-0.1, -0.05) is 97.8 Å². The molecule has 1 heterocycles. The number of nitrogens with one attached hydrogen (secondary N) is 2. The van der Waals surface area contributed by atoms with E-state index in [-0.39, 0.29) is 18.1 Å². The molecule has 0 aromatic rings. The van der Waals surface area contributed by atoms with Gasteiger partial charge in [0, 0.05) is 19.5 Å². The number of carbonyl (C=O) groups excluding carboxylic acids is 1. The Labute approximate surface area is 181 Å². The van der Waals surface area contributed by atoms with Crippen molar-refractivity contribution in [1.82, 2.24) is 10.6 Å². The monoisotopic (exact) mass is 410 g/mol. The van der Waals surface area contributed by atoms with E-state index in [0.29, 0.717) is 6.42 Å². The molecule has 0 aromatic heterocycles. The number of amides is 1. The zero-order valence-corrected chi connectivity index (χ0v) is 19.8. The maximum Gasteiger partial charge on any atom is 0.220 e. The summed E-state index contributed by atoms with van der Waals surface area (Å²) in [7, 11) is 0. The Kier molecular flexibility index (Phi) is 16.6. The highest BCUT2D eigenvalue weighted by Crippen LogP contribution is 2.14. The molecule has 0 unspecified atom stereocenters. The summed E-state index contributed by atoms with van der Waals surface area (Å²) in [6.07, 6.45) is 19.2. The maximum absolute atomic E-state index is 12.2. The molecule has 1 saturated heterocycles. The predicted octanol–water partition coefficient (Wildman–Crippen LogP) is 5.99. The van der Waals surface area contributed by atoms with Crippen LogP contribution >= 0.6 is 0 Å². The first-order chi connectivity index (χ1) is 14.1. The van der Waals surface area contributed by atoms with Gasteiger partial charge in [-0.3, -0.25) is 4.79 Å². The van der Waals surface area contributed by atoms with Gasteiger partial charge < -0.3 is 15.4 Å². The van der Waals surface area contributed by atoms with E-state index in [4.69, 9.17) is 4.74 Å². The number of carbonyl (C=O) groups is 1. The van der Waals surface area contributed by atoms with E-state index in [1.54, 1.807) is 0 Å². The third kappa shape index (κ3) is 14.9. The van der Waals surface area contributed by atoms with Gasteiger partial charge in [0.15, 0.2) is 0 Å². The normalized spacial score (nSPS) is 18.1. The molecule has 4 nitrogen and oxygen atoms in total. The summed E-state index contributed by atoms with van der Waals surface area (Å²) >= 11 is 0. The van der Waals surface area contributed by atoms with Crippen molar-refractivity contribution < 1.29 is 9.53 Å². The van der Waals surface area contributed by atoms with Crippen LogP contribution in [-0.4, -0.2) is 37.7 Å². The summed E-state index contributed by atoms with van der Waals surface area (Å²) < 4.78 is 5.79. The van der Waals surface area contributed by atoms with Crippen molar-refractivity contribution in [2.75, 3.05) is 19.7 Å². The minimum Gasteiger partial charge on any atom is -0.373 e. The first-order valence-corrected chi connectivity index (χ1v) is 12.7. The third-order valence-electron chi connectivity index (χ3n) is 6.13. The Morgan fingerprint density at radius 1 is 0.931 bits per heavy atom. The van der Waals surface area contributed by atoms with Gasteiger partial charge in [0.25, 0.3) is 0 Å². The fraction of sp³-hybridized carbons (Fsp3) is 0.960. The van der Waals surface area contributed by atoms with Crippen molar-refractivity contribution in [3.8, 4) is 0 Å². The van der Waals surface area contributed by atoms with Crippen LogP contribution in [0.5, 0.6) is 0 Å². The summed E-state index contributed by atoms with van der Waals surface area (Å²) in [6.45, 7) is 9.27. The summed E-state index contributed by atoms with van der Waals surface area (Å²) in [5.41, 5.74) is 0. The number of morpholine rings is 1. The highest BCUT2D eigenvalue weighted by molar-refractivity contribution is 5.76. The topological polar surface area (TPSA) is 50.4 Å². The number of hydrogen-bond donors (Lipinski definition) is 2. The van der Waals surface area contributed by atoms with Crippen molar-refractivity contribution in [2.24, 2.45) is 5.92 Å². The fourth-order valence-electron chi connectivity index (χ4n) is 4.19. The Morgan fingerprint density at radius 2 is 1.48 bits per heavy atom. The van der Waals surface area contributed by atoms with Gasteiger partial charge in [-0.2, -0.15) is 0 Å². The van der Waals surface area contributed by atoms with Crippen LogP contribution < -0.4 is 10.6 Å². The molecule has 1 aliphatic rings. The first kappa shape index (κ1) is 26.4. The number of rotatable bonds is 18. The van der Waals surface area contributed by atoms with E-state index < -0.39 is 0 Å². The van der Waals surface area contributed by atoms with Crippen LogP contribution in [0.2, 0.25) is 0 Å². The highest BCUT2D eigenvalue weighted by atomic mass is 16.5. The molecule has 4 heteroatoms. The molecule has 172 valence electrons. The van der Waals surface area contributed by atoms with Crippen molar-refractivity contribution >= 4 is 5.91 Å².